The minimum Gasteiger partial charge on any atom is -0.255 e. The first-order valence-electron chi connectivity index (χ1n) is 9.47. The van der Waals surface area contributed by atoms with Gasteiger partial charge in [-0.1, -0.05) is 65.8 Å². The van der Waals surface area contributed by atoms with Crippen molar-refractivity contribution < 1.29 is 0 Å². The fourth-order valence-corrected chi connectivity index (χ4v) is 3.70. The molecule has 0 bridgehead atoms. The number of hydrogen-bond acceptors (Lipinski definition) is 2. The van der Waals surface area contributed by atoms with Crippen LogP contribution >= 0.6 is 0 Å². The van der Waals surface area contributed by atoms with Crippen LogP contribution in [0.1, 0.15) is 82.2 Å². The van der Waals surface area contributed by atoms with E-state index in [1.54, 1.807) is 0 Å². The van der Waals surface area contributed by atoms with Gasteiger partial charge in [0.05, 0.1) is 17.1 Å². The molecule has 0 aliphatic heterocycles. The molecule has 25 heavy (non-hydrogen) atoms. The van der Waals surface area contributed by atoms with Gasteiger partial charge in [0.2, 0.25) is 0 Å². The highest BCUT2D eigenvalue weighted by molar-refractivity contribution is 6.06. The van der Waals surface area contributed by atoms with Crippen LogP contribution in [0.15, 0.2) is 41.5 Å². The Kier molecular flexibility index (Phi) is 4.81. The van der Waals surface area contributed by atoms with Gasteiger partial charge in [0.1, 0.15) is 0 Å². The molecule has 0 radical (unpaired) electrons. The van der Waals surface area contributed by atoms with E-state index in [2.05, 4.69) is 65.8 Å². The molecule has 0 amide bonds. The summed E-state index contributed by atoms with van der Waals surface area (Å²) < 4.78 is 0. The van der Waals surface area contributed by atoms with Crippen molar-refractivity contribution in [3.8, 4) is 0 Å². The average molecular weight is 335 g/mol. The summed E-state index contributed by atoms with van der Waals surface area (Å²) >= 11 is 0. The lowest BCUT2D eigenvalue weighted by molar-refractivity contribution is 0.462. The van der Waals surface area contributed by atoms with Crippen molar-refractivity contribution in [2.45, 2.75) is 66.2 Å². The van der Waals surface area contributed by atoms with Crippen LogP contribution in [0.25, 0.3) is 0 Å². The van der Waals surface area contributed by atoms with Gasteiger partial charge in [0.15, 0.2) is 0 Å². The number of aromatic nitrogens is 1. The van der Waals surface area contributed by atoms with Crippen molar-refractivity contribution in [1.82, 2.24) is 4.98 Å². The van der Waals surface area contributed by atoms with Crippen LogP contribution in [0, 0.1) is 5.41 Å². The zero-order valence-electron chi connectivity index (χ0n) is 16.4. The van der Waals surface area contributed by atoms with Crippen LogP contribution in [0.4, 0.5) is 5.69 Å². The highest BCUT2D eigenvalue weighted by atomic mass is 14.8. The number of fused-ring (bicyclic) bond motifs is 1. The summed E-state index contributed by atoms with van der Waals surface area (Å²) in [5, 5.41) is 0. The van der Waals surface area contributed by atoms with E-state index < -0.39 is 0 Å². The monoisotopic (exact) mass is 334 g/mol. The Labute approximate surface area is 152 Å². The first-order valence-corrected chi connectivity index (χ1v) is 9.47. The van der Waals surface area contributed by atoms with Crippen LogP contribution in [0.5, 0.6) is 0 Å². The summed E-state index contributed by atoms with van der Waals surface area (Å²) in [7, 11) is 0. The predicted octanol–water partition coefficient (Wildman–Crippen LogP) is 6.42. The first-order chi connectivity index (χ1) is 11.8. The third-order valence-electron chi connectivity index (χ3n) is 5.34. The zero-order valence-corrected chi connectivity index (χ0v) is 16.4. The highest BCUT2D eigenvalue weighted by Crippen LogP contribution is 2.40. The maximum atomic E-state index is 5.31. The summed E-state index contributed by atoms with van der Waals surface area (Å²) in [6.45, 7) is 13.6. The Bertz CT molecular complexity index is 771. The third-order valence-corrected chi connectivity index (χ3v) is 5.34. The third kappa shape index (κ3) is 3.40. The minimum absolute atomic E-state index is 0.0414. The molecule has 0 saturated heterocycles. The van der Waals surface area contributed by atoms with Crippen LogP contribution in [-0.4, -0.2) is 10.7 Å². The fraction of sp³-hybridized carbons (Fsp3) is 0.478. The smallest absolute Gasteiger partial charge is 0.0882 e. The number of rotatable bonds is 3. The van der Waals surface area contributed by atoms with Gasteiger partial charge in [0, 0.05) is 11.6 Å². The predicted molar refractivity (Wildman–Crippen MR) is 107 cm³/mol. The molecule has 1 aromatic heterocycles. The van der Waals surface area contributed by atoms with E-state index in [4.69, 9.17) is 9.98 Å². The van der Waals surface area contributed by atoms with Crippen molar-refractivity contribution in [2.24, 2.45) is 10.4 Å². The van der Waals surface area contributed by atoms with Gasteiger partial charge in [-0.3, -0.25) is 9.98 Å². The van der Waals surface area contributed by atoms with Crippen molar-refractivity contribution >= 4 is 11.4 Å². The number of hydrogen-bond donors (Lipinski definition) is 0. The summed E-state index contributed by atoms with van der Waals surface area (Å²) in [6, 6.07) is 10.9. The molecule has 1 aliphatic carbocycles. The molecular weight excluding hydrogens is 304 g/mol. The van der Waals surface area contributed by atoms with Crippen LogP contribution in [0.2, 0.25) is 0 Å². The van der Waals surface area contributed by atoms with Crippen LogP contribution in [0.3, 0.4) is 0 Å². The summed E-state index contributed by atoms with van der Waals surface area (Å²) in [5.41, 5.74) is 7.42. The second-order valence-corrected chi connectivity index (χ2v) is 8.45. The lowest BCUT2D eigenvalue weighted by Crippen LogP contribution is -2.32. The Morgan fingerprint density at radius 2 is 1.60 bits per heavy atom. The second kappa shape index (κ2) is 6.74. The van der Waals surface area contributed by atoms with Gasteiger partial charge in [-0.15, -0.1) is 0 Å². The maximum absolute atomic E-state index is 5.31. The Balaban J connectivity index is 2.27. The maximum Gasteiger partial charge on any atom is 0.0882 e. The number of benzene rings is 1. The average Bonchev–Trinajstić information content (AvgIpc) is 2.57. The molecule has 3 rings (SSSR count). The molecule has 0 saturated carbocycles. The van der Waals surface area contributed by atoms with Crippen molar-refractivity contribution in [2.75, 3.05) is 0 Å². The van der Waals surface area contributed by atoms with Gasteiger partial charge >= 0.3 is 0 Å². The number of nitrogens with zero attached hydrogens (tertiary/aromatic N) is 2. The molecule has 0 unspecified atom stereocenters. The molecule has 132 valence electrons. The normalized spacial score (nSPS) is 18.0. The molecule has 2 nitrogen and oxygen atoms in total. The van der Waals surface area contributed by atoms with Gasteiger partial charge < -0.3 is 0 Å². The second-order valence-electron chi connectivity index (χ2n) is 8.45. The van der Waals surface area contributed by atoms with Gasteiger partial charge in [-0.2, -0.15) is 0 Å². The van der Waals surface area contributed by atoms with Crippen molar-refractivity contribution in [3.63, 3.8) is 0 Å². The molecule has 2 aromatic rings. The molecule has 0 N–H and O–H groups in total. The van der Waals surface area contributed by atoms with E-state index in [9.17, 15) is 0 Å². The number of para-hydroxylation sites is 1. The molecule has 1 aliphatic rings. The largest absolute Gasteiger partial charge is 0.255 e. The molecular formula is C23H30N2. The van der Waals surface area contributed by atoms with Gasteiger partial charge in [0.25, 0.3) is 0 Å². The molecule has 1 heterocycles. The SMILES string of the molecule is CC(C)c1cccc(C(C)C)c1N=C1c2ncccc2CCC1(C)C. The number of aryl methyl sites for hydroxylation is 1. The van der Waals surface area contributed by atoms with E-state index in [1.807, 2.05) is 12.3 Å². The first kappa shape index (κ1) is 17.8. The minimum atomic E-state index is 0.0414. The standard InChI is InChI=1S/C23H30N2/c1-15(2)18-10-7-11-19(16(3)4)21(18)25-22-20-17(9-8-14-24-20)12-13-23(22,5)6/h7-11,14-16H,12-13H2,1-6H3. The Morgan fingerprint density at radius 1 is 0.960 bits per heavy atom. The van der Waals surface area contributed by atoms with Gasteiger partial charge in [-0.25, -0.2) is 0 Å². The van der Waals surface area contributed by atoms with E-state index >= 15 is 0 Å². The van der Waals surface area contributed by atoms with E-state index in [0.29, 0.717) is 11.8 Å². The van der Waals surface area contributed by atoms with Crippen LogP contribution < -0.4 is 0 Å². The molecule has 0 spiro atoms. The molecule has 0 fully saturated rings. The molecule has 0 atom stereocenters. The molecule has 1 aromatic carbocycles. The van der Waals surface area contributed by atoms with Crippen molar-refractivity contribution in [3.05, 3.63) is 58.9 Å². The lowest BCUT2D eigenvalue weighted by Gasteiger charge is -2.33. The van der Waals surface area contributed by atoms with E-state index in [0.717, 1.165) is 29.9 Å². The molecule has 2 heteroatoms. The van der Waals surface area contributed by atoms with E-state index in [-0.39, 0.29) is 5.41 Å². The van der Waals surface area contributed by atoms with Crippen LogP contribution in [-0.2, 0) is 6.42 Å². The quantitative estimate of drug-likeness (QED) is 0.635. The summed E-state index contributed by atoms with van der Waals surface area (Å²) in [5.74, 6) is 0.904. The fourth-order valence-electron chi connectivity index (χ4n) is 3.70. The van der Waals surface area contributed by atoms with Crippen molar-refractivity contribution in [1.29, 1.82) is 0 Å². The van der Waals surface area contributed by atoms with Gasteiger partial charge in [-0.05, 0) is 47.4 Å². The Morgan fingerprint density at radius 3 is 2.20 bits per heavy atom. The lowest BCUT2D eigenvalue weighted by atomic mass is 9.74. The zero-order chi connectivity index (χ0) is 18.2. The topological polar surface area (TPSA) is 25.2 Å². The number of pyridine rings is 1. The highest BCUT2D eigenvalue weighted by Gasteiger charge is 2.33. The Hall–Kier alpha value is -1.96. The number of aliphatic imine (C=N–C) groups is 1. The summed E-state index contributed by atoms with van der Waals surface area (Å²) in [4.78, 5) is 10.0. The summed E-state index contributed by atoms with van der Waals surface area (Å²) in [6.07, 6.45) is 4.09. The van der Waals surface area contributed by atoms with E-state index in [1.165, 1.54) is 16.7 Å².